The van der Waals surface area contributed by atoms with Crippen LogP contribution in [0.3, 0.4) is 0 Å². The molecule has 0 saturated carbocycles. The van der Waals surface area contributed by atoms with Crippen molar-refractivity contribution in [3.8, 4) is 0 Å². The normalized spacial score (nSPS) is 11.5. The Labute approximate surface area is 104 Å². The zero-order chi connectivity index (χ0) is 13.3. The van der Waals surface area contributed by atoms with Crippen molar-refractivity contribution >= 4 is 5.97 Å². The van der Waals surface area contributed by atoms with Gasteiger partial charge in [0, 0.05) is 19.4 Å². The smallest absolute Gasteiger partial charge is 0.306 e. The molecule has 0 saturated heterocycles. The van der Waals surface area contributed by atoms with Crippen LogP contribution in [0.5, 0.6) is 0 Å². The van der Waals surface area contributed by atoms with E-state index in [0.717, 1.165) is 31.5 Å². The number of carboxylic acid groups (broad SMARTS) is 1. The minimum absolute atomic E-state index is 0.111. The number of unbranched alkanes of at least 4 members (excludes halogenated alkanes) is 1. The Morgan fingerprint density at radius 1 is 1.53 bits per heavy atom. The lowest BCUT2D eigenvalue weighted by Crippen LogP contribution is -2.11. The SMILES string of the molecule is CCCCC(CC)C(=O)O.Cc1nccn1C. The van der Waals surface area contributed by atoms with Crippen LogP contribution in [0.15, 0.2) is 12.4 Å². The number of imidazole rings is 1. The Kier molecular flexibility index (Phi) is 8.11. The van der Waals surface area contributed by atoms with Crippen LogP contribution in [0.25, 0.3) is 0 Å². The lowest BCUT2D eigenvalue weighted by atomic mass is 10.00. The number of aliphatic carboxylic acids is 1. The largest absolute Gasteiger partial charge is 0.481 e. The Morgan fingerprint density at radius 3 is 2.41 bits per heavy atom. The van der Waals surface area contributed by atoms with Crippen LogP contribution in [0.4, 0.5) is 0 Å². The maximum atomic E-state index is 10.4. The van der Waals surface area contributed by atoms with Crippen LogP contribution in [0, 0.1) is 12.8 Å². The van der Waals surface area contributed by atoms with E-state index in [-0.39, 0.29) is 5.92 Å². The maximum Gasteiger partial charge on any atom is 0.306 e. The number of aromatic nitrogens is 2. The first kappa shape index (κ1) is 15.7. The molecule has 1 aromatic rings. The Morgan fingerprint density at radius 2 is 2.18 bits per heavy atom. The molecule has 1 heterocycles. The molecule has 1 rings (SSSR count). The van der Waals surface area contributed by atoms with Gasteiger partial charge < -0.3 is 9.67 Å². The summed E-state index contributed by atoms with van der Waals surface area (Å²) < 4.78 is 1.97. The average molecular weight is 240 g/mol. The summed E-state index contributed by atoms with van der Waals surface area (Å²) in [6, 6.07) is 0. The average Bonchev–Trinajstić information content (AvgIpc) is 2.65. The van der Waals surface area contributed by atoms with E-state index in [1.54, 1.807) is 6.20 Å². The first-order valence-corrected chi connectivity index (χ1v) is 6.19. The van der Waals surface area contributed by atoms with Gasteiger partial charge in [-0.05, 0) is 19.8 Å². The second-order valence-corrected chi connectivity index (χ2v) is 4.17. The van der Waals surface area contributed by atoms with Gasteiger partial charge in [0.05, 0.1) is 5.92 Å². The number of hydrogen-bond donors (Lipinski definition) is 1. The van der Waals surface area contributed by atoms with E-state index in [1.807, 2.05) is 31.7 Å². The third-order valence-electron chi connectivity index (χ3n) is 2.81. The van der Waals surface area contributed by atoms with Crippen LogP contribution in [0.1, 0.15) is 45.4 Å². The van der Waals surface area contributed by atoms with E-state index in [1.165, 1.54) is 0 Å². The number of carboxylic acids is 1. The van der Waals surface area contributed by atoms with Crippen molar-refractivity contribution in [2.75, 3.05) is 0 Å². The van der Waals surface area contributed by atoms with Gasteiger partial charge in [-0.15, -0.1) is 0 Å². The molecule has 17 heavy (non-hydrogen) atoms. The quantitative estimate of drug-likeness (QED) is 0.860. The van der Waals surface area contributed by atoms with E-state index < -0.39 is 5.97 Å². The fourth-order valence-electron chi connectivity index (χ4n) is 1.39. The van der Waals surface area contributed by atoms with Crippen molar-refractivity contribution < 1.29 is 9.90 Å². The van der Waals surface area contributed by atoms with Gasteiger partial charge in [-0.3, -0.25) is 4.79 Å². The zero-order valence-electron chi connectivity index (χ0n) is 11.3. The van der Waals surface area contributed by atoms with Gasteiger partial charge in [0.15, 0.2) is 0 Å². The summed E-state index contributed by atoms with van der Waals surface area (Å²) in [5.41, 5.74) is 0. The van der Waals surface area contributed by atoms with Gasteiger partial charge in [-0.2, -0.15) is 0 Å². The molecule has 0 aliphatic rings. The minimum atomic E-state index is -0.643. The molecule has 4 nitrogen and oxygen atoms in total. The molecular formula is C13H24N2O2. The van der Waals surface area contributed by atoms with Gasteiger partial charge in [-0.25, -0.2) is 4.98 Å². The summed E-state index contributed by atoms with van der Waals surface area (Å²) in [5, 5.41) is 8.60. The molecular weight excluding hydrogens is 216 g/mol. The summed E-state index contributed by atoms with van der Waals surface area (Å²) in [6.45, 7) is 5.98. The summed E-state index contributed by atoms with van der Waals surface area (Å²) >= 11 is 0. The molecule has 0 spiro atoms. The highest BCUT2D eigenvalue weighted by Crippen LogP contribution is 2.11. The van der Waals surface area contributed by atoms with E-state index in [9.17, 15) is 4.79 Å². The minimum Gasteiger partial charge on any atom is -0.481 e. The van der Waals surface area contributed by atoms with Crippen LogP contribution in [-0.4, -0.2) is 20.6 Å². The molecule has 0 bridgehead atoms. The van der Waals surface area contributed by atoms with Crippen molar-refractivity contribution in [3.05, 3.63) is 18.2 Å². The van der Waals surface area contributed by atoms with Crippen LogP contribution >= 0.6 is 0 Å². The summed E-state index contributed by atoms with van der Waals surface area (Å²) in [7, 11) is 1.97. The fourth-order valence-corrected chi connectivity index (χ4v) is 1.39. The molecule has 0 fully saturated rings. The second kappa shape index (κ2) is 8.79. The van der Waals surface area contributed by atoms with Gasteiger partial charge in [0.25, 0.3) is 0 Å². The molecule has 0 radical (unpaired) electrons. The summed E-state index contributed by atoms with van der Waals surface area (Å²) in [6.07, 6.45) is 7.43. The molecule has 0 aliphatic carbocycles. The maximum absolute atomic E-state index is 10.4. The molecule has 1 N–H and O–H groups in total. The number of rotatable bonds is 5. The number of hydrogen-bond acceptors (Lipinski definition) is 2. The van der Waals surface area contributed by atoms with Crippen molar-refractivity contribution in [2.45, 2.75) is 46.5 Å². The molecule has 1 aromatic heterocycles. The van der Waals surface area contributed by atoms with E-state index in [0.29, 0.717) is 0 Å². The molecule has 1 atom stereocenters. The van der Waals surface area contributed by atoms with E-state index >= 15 is 0 Å². The third kappa shape index (κ3) is 6.76. The van der Waals surface area contributed by atoms with E-state index in [2.05, 4.69) is 11.9 Å². The molecule has 4 heteroatoms. The first-order chi connectivity index (χ1) is 8.02. The Balaban J connectivity index is 0.000000318. The van der Waals surface area contributed by atoms with Gasteiger partial charge in [-0.1, -0.05) is 26.7 Å². The first-order valence-electron chi connectivity index (χ1n) is 6.19. The van der Waals surface area contributed by atoms with Gasteiger partial charge >= 0.3 is 5.97 Å². The van der Waals surface area contributed by atoms with Crippen LogP contribution in [-0.2, 0) is 11.8 Å². The van der Waals surface area contributed by atoms with Crippen molar-refractivity contribution in [1.29, 1.82) is 0 Å². The lowest BCUT2D eigenvalue weighted by molar-refractivity contribution is -0.142. The fraction of sp³-hybridized carbons (Fsp3) is 0.692. The van der Waals surface area contributed by atoms with Crippen molar-refractivity contribution in [1.82, 2.24) is 9.55 Å². The van der Waals surface area contributed by atoms with Crippen LogP contribution in [0.2, 0.25) is 0 Å². The van der Waals surface area contributed by atoms with Crippen molar-refractivity contribution in [3.63, 3.8) is 0 Å². The van der Waals surface area contributed by atoms with Gasteiger partial charge in [0.2, 0.25) is 0 Å². The Bertz CT molecular complexity index is 304. The second-order valence-electron chi connectivity index (χ2n) is 4.17. The highest BCUT2D eigenvalue weighted by Gasteiger charge is 2.12. The highest BCUT2D eigenvalue weighted by atomic mass is 16.4. The monoisotopic (exact) mass is 240 g/mol. The molecule has 0 amide bonds. The molecule has 98 valence electrons. The lowest BCUT2D eigenvalue weighted by Gasteiger charge is -2.06. The standard InChI is InChI=1S/C8H16O2.C5H8N2/c1-3-5-6-7(4-2)8(9)10;1-5-6-3-4-7(5)2/h7H,3-6H2,1-2H3,(H,9,10);3-4H,1-2H3. The van der Waals surface area contributed by atoms with Gasteiger partial charge in [0.1, 0.15) is 5.82 Å². The highest BCUT2D eigenvalue weighted by molar-refractivity contribution is 5.69. The molecule has 1 unspecified atom stereocenters. The molecule has 0 aromatic carbocycles. The molecule has 0 aliphatic heterocycles. The van der Waals surface area contributed by atoms with Crippen LogP contribution < -0.4 is 0 Å². The third-order valence-corrected chi connectivity index (χ3v) is 2.81. The summed E-state index contributed by atoms with van der Waals surface area (Å²) in [4.78, 5) is 14.4. The predicted molar refractivity (Wildman–Crippen MR) is 68.9 cm³/mol. The van der Waals surface area contributed by atoms with E-state index in [4.69, 9.17) is 5.11 Å². The topological polar surface area (TPSA) is 55.1 Å². The summed E-state index contributed by atoms with van der Waals surface area (Å²) in [5.74, 6) is 0.302. The predicted octanol–water partition coefficient (Wildman–Crippen LogP) is 3.02. The Hall–Kier alpha value is -1.32. The zero-order valence-corrected chi connectivity index (χ0v) is 11.3. The number of carbonyl (C=O) groups is 1. The number of aryl methyl sites for hydroxylation is 2. The van der Waals surface area contributed by atoms with Crippen molar-refractivity contribution in [2.24, 2.45) is 13.0 Å². The number of nitrogens with zero attached hydrogens (tertiary/aromatic N) is 2.